The Morgan fingerprint density at radius 2 is 2.16 bits per heavy atom. The maximum atomic E-state index is 11.6. The summed E-state index contributed by atoms with van der Waals surface area (Å²) in [6, 6.07) is 9.40. The first-order chi connectivity index (χ1) is 9.11. The fraction of sp³-hybridized carbons (Fsp3) is 0.214. The molecule has 0 aliphatic heterocycles. The van der Waals surface area contributed by atoms with Gasteiger partial charge in [-0.15, -0.1) is 11.3 Å². The average Bonchev–Trinajstić information content (AvgIpc) is 2.82. The SMILES string of the molecule is COC(=O)c1cccc(NCc2ccc(Cl)s2)c1C. The maximum absolute atomic E-state index is 11.6. The van der Waals surface area contributed by atoms with Crippen LogP contribution in [0.15, 0.2) is 30.3 Å². The number of hydrogen-bond donors (Lipinski definition) is 1. The average molecular weight is 296 g/mol. The molecule has 0 spiro atoms. The van der Waals surface area contributed by atoms with E-state index in [0.29, 0.717) is 12.1 Å². The van der Waals surface area contributed by atoms with Crippen molar-refractivity contribution in [3.8, 4) is 0 Å². The van der Waals surface area contributed by atoms with E-state index in [0.717, 1.165) is 20.5 Å². The van der Waals surface area contributed by atoms with Crippen LogP contribution < -0.4 is 5.32 Å². The summed E-state index contributed by atoms with van der Waals surface area (Å²) in [6.45, 7) is 2.58. The van der Waals surface area contributed by atoms with Crippen LogP contribution in [0, 0.1) is 6.92 Å². The molecule has 0 unspecified atom stereocenters. The molecule has 1 aromatic heterocycles. The topological polar surface area (TPSA) is 38.3 Å². The molecular formula is C14H14ClNO2S. The molecule has 19 heavy (non-hydrogen) atoms. The molecule has 1 N–H and O–H groups in total. The number of carbonyl (C=O) groups is 1. The number of rotatable bonds is 4. The van der Waals surface area contributed by atoms with Gasteiger partial charge in [-0.3, -0.25) is 0 Å². The highest BCUT2D eigenvalue weighted by atomic mass is 35.5. The van der Waals surface area contributed by atoms with Crippen molar-refractivity contribution < 1.29 is 9.53 Å². The Balaban J connectivity index is 2.14. The number of anilines is 1. The molecule has 3 nitrogen and oxygen atoms in total. The summed E-state index contributed by atoms with van der Waals surface area (Å²) in [5.74, 6) is -0.319. The summed E-state index contributed by atoms with van der Waals surface area (Å²) in [5, 5.41) is 3.31. The summed E-state index contributed by atoms with van der Waals surface area (Å²) in [7, 11) is 1.38. The van der Waals surface area contributed by atoms with Gasteiger partial charge in [-0.05, 0) is 36.8 Å². The Hall–Kier alpha value is -1.52. The number of halogens is 1. The Labute approximate surface area is 121 Å². The van der Waals surface area contributed by atoms with Crippen LogP contribution in [0.3, 0.4) is 0 Å². The van der Waals surface area contributed by atoms with Crippen molar-refractivity contribution in [2.45, 2.75) is 13.5 Å². The lowest BCUT2D eigenvalue weighted by Gasteiger charge is -2.11. The van der Waals surface area contributed by atoms with Crippen molar-refractivity contribution in [1.82, 2.24) is 0 Å². The van der Waals surface area contributed by atoms with Gasteiger partial charge < -0.3 is 10.1 Å². The highest BCUT2D eigenvalue weighted by molar-refractivity contribution is 7.16. The van der Waals surface area contributed by atoms with E-state index in [9.17, 15) is 4.79 Å². The third-order valence-electron chi connectivity index (χ3n) is 2.82. The van der Waals surface area contributed by atoms with Crippen molar-refractivity contribution >= 4 is 34.6 Å². The van der Waals surface area contributed by atoms with Crippen molar-refractivity contribution in [3.63, 3.8) is 0 Å². The number of esters is 1. The molecular weight excluding hydrogens is 282 g/mol. The number of hydrogen-bond acceptors (Lipinski definition) is 4. The van der Waals surface area contributed by atoms with E-state index < -0.39 is 0 Å². The number of thiophene rings is 1. The lowest BCUT2D eigenvalue weighted by Crippen LogP contribution is -2.07. The van der Waals surface area contributed by atoms with Crippen molar-refractivity contribution in [2.75, 3.05) is 12.4 Å². The van der Waals surface area contributed by atoms with E-state index in [1.165, 1.54) is 18.4 Å². The number of ether oxygens (including phenoxy) is 1. The van der Waals surface area contributed by atoms with Crippen LogP contribution in [0.1, 0.15) is 20.8 Å². The van der Waals surface area contributed by atoms with Gasteiger partial charge in [0.1, 0.15) is 0 Å². The Bertz CT molecular complexity index is 595. The number of nitrogens with one attached hydrogen (secondary N) is 1. The first-order valence-electron chi connectivity index (χ1n) is 5.78. The van der Waals surface area contributed by atoms with Gasteiger partial charge in [-0.25, -0.2) is 4.79 Å². The number of benzene rings is 1. The largest absolute Gasteiger partial charge is 0.465 e. The van der Waals surface area contributed by atoms with Crippen molar-refractivity contribution in [3.05, 3.63) is 50.7 Å². The molecule has 2 aromatic rings. The zero-order valence-corrected chi connectivity index (χ0v) is 12.3. The van der Waals surface area contributed by atoms with Gasteiger partial charge in [0.2, 0.25) is 0 Å². The van der Waals surface area contributed by atoms with Crippen LogP contribution in [-0.2, 0) is 11.3 Å². The molecule has 0 aliphatic rings. The summed E-state index contributed by atoms with van der Waals surface area (Å²) in [5.41, 5.74) is 2.39. The van der Waals surface area contributed by atoms with Gasteiger partial charge in [0.15, 0.2) is 0 Å². The van der Waals surface area contributed by atoms with Crippen LogP contribution in [-0.4, -0.2) is 13.1 Å². The van der Waals surface area contributed by atoms with Gasteiger partial charge in [0.25, 0.3) is 0 Å². The van der Waals surface area contributed by atoms with Gasteiger partial charge in [0.05, 0.1) is 17.0 Å². The van der Waals surface area contributed by atoms with E-state index in [4.69, 9.17) is 16.3 Å². The van der Waals surface area contributed by atoms with E-state index in [-0.39, 0.29) is 5.97 Å². The minimum Gasteiger partial charge on any atom is -0.465 e. The fourth-order valence-electron chi connectivity index (χ4n) is 1.79. The molecule has 0 saturated heterocycles. The predicted octanol–water partition coefficient (Wildman–Crippen LogP) is 4.11. The van der Waals surface area contributed by atoms with E-state index >= 15 is 0 Å². The first kappa shape index (κ1) is 13.9. The molecule has 1 heterocycles. The highest BCUT2D eigenvalue weighted by Crippen LogP contribution is 2.24. The zero-order chi connectivity index (χ0) is 13.8. The second kappa shape index (κ2) is 6.08. The molecule has 0 fully saturated rings. The minimum absolute atomic E-state index is 0.319. The molecule has 0 amide bonds. The molecule has 0 bridgehead atoms. The smallest absolute Gasteiger partial charge is 0.338 e. The van der Waals surface area contributed by atoms with E-state index in [1.54, 1.807) is 6.07 Å². The van der Waals surface area contributed by atoms with Gasteiger partial charge in [-0.1, -0.05) is 17.7 Å². The normalized spacial score (nSPS) is 10.3. The summed E-state index contributed by atoms with van der Waals surface area (Å²) in [4.78, 5) is 12.7. The maximum Gasteiger partial charge on any atom is 0.338 e. The molecule has 5 heteroatoms. The van der Waals surface area contributed by atoms with Crippen LogP contribution >= 0.6 is 22.9 Å². The molecule has 1 aromatic carbocycles. The molecule has 0 aliphatic carbocycles. The third-order valence-corrected chi connectivity index (χ3v) is 4.05. The quantitative estimate of drug-likeness (QED) is 0.863. The first-order valence-corrected chi connectivity index (χ1v) is 6.97. The van der Waals surface area contributed by atoms with Crippen LogP contribution in [0.2, 0.25) is 4.34 Å². The van der Waals surface area contributed by atoms with Gasteiger partial charge in [0, 0.05) is 17.1 Å². The second-order valence-electron chi connectivity index (χ2n) is 4.03. The number of carbonyl (C=O) groups excluding carboxylic acids is 1. The fourth-order valence-corrected chi connectivity index (χ4v) is 2.81. The standard InChI is InChI=1S/C14H14ClNO2S/c1-9-11(14(17)18-2)4-3-5-12(9)16-8-10-6-7-13(15)19-10/h3-7,16H,8H2,1-2H3. The molecule has 2 rings (SSSR count). The monoisotopic (exact) mass is 295 g/mol. The number of methoxy groups -OCH3 is 1. The van der Waals surface area contributed by atoms with Crippen molar-refractivity contribution in [1.29, 1.82) is 0 Å². The molecule has 0 atom stereocenters. The van der Waals surface area contributed by atoms with Crippen molar-refractivity contribution in [2.24, 2.45) is 0 Å². The van der Waals surface area contributed by atoms with Gasteiger partial charge >= 0.3 is 5.97 Å². The minimum atomic E-state index is -0.319. The van der Waals surface area contributed by atoms with E-state index in [2.05, 4.69) is 5.32 Å². The lowest BCUT2D eigenvalue weighted by molar-refractivity contribution is 0.0600. The van der Waals surface area contributed by atoms with Gasteiger partial charge in [-0.2, -0.15) is 0 Å². The highest BCUT2D eigenvalue weighted by Gasteiger charge is 2.11. The lowest BCUT2D eigenvalue weighted by atomic mass is 10.1. The summed E-state index contributed by atoms with van der Waals surface area (Å²) >= 11 is 7.43. The van der Waals surface area contributed by atoms with Crippen LogP contribution in [0.25, 0.3) is 0 Å². The Kier molecular flexibility index (Phi) is 4.45. The zero-order valence-electron chi connectivity index (χ0n) is 10.7. The second-order valence-corrected chi connectivity index (χ2v) is 5.83. The third kappa shape index (κ3) is 3.28. The van der Waals surface area contributed by atoms with E-state index in [1.807, 2.05) is 31.2 Å². The Morgan fingerprint density at radius 3 is 2.79 bits per heavy atom. The Morgan fingerprint density at radius 1 is 1.37 bits per heavy atom. The molecule has 100 valence electrons. The van der Waals surface area contributed by atoms with Crippen LogP contribution in [0.4, 0.5) is 5.69 Å². The molecule has 0 saturated carbocycles. The molecule has 0 radical (unpaired) electrons. The van der Waals surface area contributed by atoms with Crippen LogP contribution in [0.5, 0.6) is 0 Å². The summed E-state index contributed by atoms with van der Waals surface area (Å²) < 4.78 is 5.53. The summed E-state index contributed by atoms with van der Waals surface area (Å²) in [6.07, 6.45) is 0. The predicted molar refractivity (Wildman–Crippen MR) is 79.2 cm³/mol.